The van der Waals surface area contributed by atoms with Gasteiger partial charge in [-0.05, 0) is 48.9 Å². The van der Waals surface area contributed by atoms with Gasteiger partial charge >= 0.3 is 0 Å². The number of para-hydroxylation sites is 3. The van der Waals surface area contributed by atoms with E-state index in [0.717, 1.165) is 15.7 Å². The van der Waals surface area contributed by atoms with Gasteiger partial charge in [-0.1, -0.05) is 58.4 Å². The molecule has 0 radical (unpaired) electrons. The highest BCUT2D eigenvalue weighted by molar-refractivity contribution is 9.10. The van der Waals surface area contributed by atoms with Crippen molar-refractivity contribution in [2.45, 2.75) is 19.1 Å². The van der Waals surface area contributed by atoms with E-state index < -0.39 is 18.1 Å². The van der Waals surface area contributed by atoms with Gasteiger partial charge in [0.15, 0.2) is 6.10 Å². The molecule has 32 heavy (non-hydrogen) atoms. The van der Waals surface area contributed by atoms with Crippen molar-refractivity contribution < 1.29 is 19.2 Å². The first kappa shape index (κ1) is 20.7. The van der Waals surface area contributed by atoms with Crippen molar-refractivity contribution in [2.75, 3.05) is 16.6 Å². The number of fused-ring (bicyclic) bond motifs is 1. The minimum absolute atomic E-state index is 0.296. The van der Waals surface area contributed by atoms with Gasteiger partial charge in [-0.25, -0.2) is 9.96 Å². The molecule has 2 aliphatic heterocycles. The van der Waals surface area contributed by atoms with E-state index in [4.69, 9.17) is 9.57 Å². The summed E-state index contributed by atoms with van der Waals surface area (Å²) in [6.45, 7) is 2.29. The van der Waals surface area contributed by atoms with E-state index in [9.17, 15) is 9.59 Å². The van der Waals surface area contributed by atoms with Crippen LogP contribution in [0.2, 0.25) is 0 Å². The van der Waals surface area contributed by atoms with E-state index >= 15 is 0 Å². The third-order valence-electron chi connectivity index (χ3n) is 5.72. The predicted octanol–water partition coefficient (Wildman–Crippen LogP) is 4.90. The molecule has 3 aromatic carbocycles. The van der Waals surface area contributed by atoms with E-state index in [1.165, 1.54) is 4.90 Å². The molecule has 3 atom stereocenters. The summed E-state index contributed by atoms with van der Waals surface area (Å²) in [5.74, 6) is -0.872. The number of imide groups is 1. The largest absolute Gasteiger partial charge is 0.492 e. The Balaban J connectivity index is 1.59. The highest BCUT2D eigenvalue weighted by atomic mass is 79.9. The number of halogens is 1. The summed E-state index contributed by atoms with van der Waals surface area (Å²) in [4.78, 5) is 34.6. The Morgan fingerprint density at radius 3 is 2.44 bits per heavy atom. The summed E-state index contributed by atoms with van der Waals surface area (Å²) in [6, 6.07) is 23.9. The van der Waals surface area contributed by atoms with Gasteiger partial charge in [0.05, 0.1) is 24.0 Å². The maximum absolute atomic E-state index is 13.7. The fraction of sp³-hybridized carbons (Fsp3) is 0.200. The number of benzene rings is 3. The molecule has 2 fully saturated rings. The van der Waals surface area contributed by atoms with E-state index in [1.54, 1.807) is 23.3 Å². The van der Waals surface area contributed by atoms with Crippen LogP contribution in [-0.4, -0.2) is 24.5 Å². The quantitative estimate of drug-likeness (QED) is 0.474. The minimum Gasteiger partial charge on any atom is -0.492 e. The number of carbonyl (C=O) groups excluding carboxylic acids is 2. The molecule has 0 unspecified atom stereocenters. The number of hydrogen-bond acceptors (Lipinski definition) is 5. The van der Waals surface area contributed by atoms with Gasteiger partial charge < -0.3 is 4.74 Å². The molecule has 7 heteroatoms. The predicted molar refractivity (Wildman–Crippen MR) is 124 cm³/mol. The van der Waals surface area contributed by atoms with Crippen LogP contribution in [0.1, 0.15) is 18.5 Å². The lowest BCUT2D eigenvalue weighted by molar-refractivity contribution is -0.126. The molecule has 0 saturated carbocycles. The van der Waals surface area contributed by atoms with Crippen LogP contribution in [0, 0.1) is 5.92 Å². The topological polar surface area (TPSA) is 59.1 Å². The van der Waals surface area contributed by atoms with Crippen LogP contribution < -0.4 is 14.7 Å². The summed E-state index contributed by atoms with van der Waals surface area (Å²) >= 11 is 3.52. The Morgan fingerprint density at radius 2 is 1.69 bits per heavy atom. The van der Waals surface area contributed by atoms with Crippen molar-refractivity contribution in [3.05, 3.63) is 88.9 Å². The molecule has 6 nitrogen and oxygen atoms in total. The number of anilines is 2. The molecular formula is C25H21BrN2O4. The Hall–Kier alpha value is -3.16. The molecule has 162 valence electrons. The fourth-order valence-corrected chi connectivity index (χ4v) is 4.82. The SMILES string of the molecule is CCOc1ccccc1N1C(=O)[C@@H]2[C@@H](c3cccc(Br)c3)N(c3ccccc3)O[C@H]2C1=O. The van der Waals surface area contributed by atoms with Crippen LogP contribution in [-0.2, 0) is 14.4 Å². The average Bonchev–Trinajstić information content (AvgIpc) is 3.31. The summed E-state index contributed by atoms with van der Waals surface area (Å²) in [6.07, 6.45) is -0.915. The molecule has 2 amide bonds. The molecule has 0 aromatic heterocycles. The van der Waals surface area contributed by atoms with Crippen molar-refractivity contribution >= 4 is 39.1 Å². The molecule has 0 bridgehead atoms. The number of amides is 2. The molecule has 0 spiro atoms. The number of carbonyl (C=O) groups is 2. The zero-order chi connectivity index (χ0) is 22.2. The minimum atomic E-state index is -0.915. The lowest BCUT2D eigenvalue weighted by Gasteiger charge is -2.29. The smallest absolute Gasteiger partial charge is 0.266 e. The third-order valence-corrected chi connectivity index (χ3v) is 6.22. The van der Waals surface area contributed by atoms with Crippen LogP contribution in [0.3, 0.4) is 0 Å². The van der Waals surface area contributed by atoms with Crippen LogP contribution in [0.5, 0.6) is 5.75 Å². The van der Waals surface area contributed by atoms with Crippen molar-refractivity contribution in [1.29, 1.82) is 0 Å². The van der Waals surface area contributed by atoms with Gasteiger partial charge in [0.2, 0.25) is 5.91 Å². The van der Waals surface area contributed by atoms with Gasteiger partial charge in [0.1, 0.15) is 11.7 Å². The summed E-state index contributed by atoms with van der Waals surface area (Å²) in [5, 5.41) is 1.69. The second-order valence-electron chi connectivity index (χ2n) is 7.63. The van der Waals surface area contributed by atoms with Gasteiger partial charge in [-0.2, -0.15) is 0 Å². The van der Waals surface area contributed by atoms with Gasteiger partial charge in [0, 0.05) is 4.47 Å². The van der Waals surface area contributed by atoms with Crippen LogP contribution in [0.15, 0.2) is 83.3 Å². The number of hydroxylamine groups is 1. The van der Waals surface area contributed by atoms with Gasteiger partial charge in [-0.15, -0.1) is 0 Å². The summed E-state index contributed by atoms with van der Waals surface area (Å²) in [5.41, 5.74) is 2.12. The van der Waals surface area contributed by atoms with Gasteiger partial charge in [-0.3, -0.25) is 14.4 Å². The molecule has 2 saturated heterocycles. The number of rotatable bonds is 5. The zero-order valence-electron chi connectivity index (χ0n) is 17.4. The Morgan fingerprint density at radius 1 is 0.938 bits per heavy atom. The normalized spacial score (nSPS) is 22.4. The molecule has 2 heterocycles. The Bertz CT molecular complexity index is 1170. The van der Waals surface area contributed by atoms with Crippen molar-refractivity contribution in [3.8, 4) is 5.75 Å². The standard InChI is InChI=1S/C25H21BrN2O4/c1-2-31-20-14-7-6-13-19(20)27-24(29)21-22(16-9-8-10-17(26)15-16)28(32-23(21)25(27)30)18-11-4-3-5-12-18/h3-15,21-23H,2H2,1H3/t21-,22-,23-/m1/s1. The summed E-state index contributed by atoms with van der Waals surface area (Å²) < 4.78 is 6.57. The van der Waals surface area contributed by atoms with E-state index in [-0.39, 0.29) is 11.8 Å². The van der Waals surface area contributed by atoms with Crippen LogP contribution >= 0.6 is 15.9 Å². The van der Waals surface area contributed by atoms with E-state index in [1.807, 2.05) is 67.6 Å². The maximum atomic E-state index is 13.7. The van der Waals surface area contributed by atoms with Crippen LogP contribution in [0.25, 0.3) is 0 Å². The van der Waals surface area contributed by atoms with Crippen molar-refractivity contribution in [1.82, 2.24) is 0 Å². The number of hydrogen-bond donors (Lipinski definition) is 0. The van der Waals surface area contributed by atoms with Crippen LogP contribution in [0.4, 0.5) is 11.4 Å². The third kappa shape index (κ3) is 3.38. The zero-order valence-corrected chi connectivity index (χ0v) is 18.9. The molecule has 2 aliphatic rings. The maximum Gasteiger partial charge on any atom is 0.266 e. The Labute approximate surface area is 194 Å². The van der Waals surface area contributed by atoms with Crippen molar-refractivity contribution in [2.24, 2.45) is 5.92 Å². The number of nitrogens with zero attached hydrogens (tertiary/aromatic N) is 2. The van der Waals surface area contributed by atoms with Gasteiger partial charge in [0.25, 0.3) is 5.91 Å². The fourth-order valence-electron chi connectivity index (χ4n) is 4.40. The highest BCUT2D eigenvalue weighted by Gasteiger charge is 2.60. The lowest BCUT2D eigenvalue weighted by Crippen LogP contribution is -2.37. The summed E-state index contributed by atoms with van der Waals surface area (Å²) in [7, 11) is 0. The average molecular weight is 493 g/mol. The molecule has 5 rings (SSSR count). The highest BCUT2D eigenvalue weighted by Crippen LogP contribution is 2.48. The van der Waals surface area contributed by atoms with E-state index in [0.29, 0.717) is 18.0 Å². The van der Waals surface area contributed by atoms with Crippen molar-refractivity contribution in [3.63, 3.8) is 0 Å². The second kappa shape index (κ2) is 8.41. The molecule has 0 N–H and O–H groups in total. The monoisotopic (exact) mass is 492 g/mol. The Kier molecular flexibility index (Phi) is 5.45. The second-order valence-corrected chi connectivity index (χ2v) is 8.54. The van der Waals surface area contributed by atoms with E-state index in [2.05, 4.69) is 15.9 Å². The number of ether oxygens (including phenoxy) is 1. The molecular weight excluding hydrogens is 472 g/mol. The molecule has 3 aromatic rings. The first-order valence-electron chi connectivity index (χ1n) is 10.5. The first-order valence-corrected chi connectivity index (χ1v) is 11.3. The lowest BCUT2D eigenvalue weighted by atomic mass is 9.90. The first-order chi connectivity index (χ1) is 15.6. The molecule has 0 aliphatic carbocycles.